The molecule has 2 N–H and O–H groups in total. The van der Waals surface area contributed by atoms with E-state index in [0.717, 1.165) is 58.2 Å². The van der Waals surface area contributed by atoms with Gasteiger partial charge in [-0.3, -0.25) is 0 Å². The van der Waals surface area contributed by atoms with Crippen LogP contribution in [0.25, 0.3) is 10.8 Å². The van der Waals surface area contributed by atoms with Gasteiger partial charge in [0.15, 0.2) is 12.4 Å². The average molecular weight is 506 g/mol. The fourth-order valence-corrected chi connectivity index (χ4v) is 4.14. The molecule has 3 aromatic carbocycles. The summed E-state index contributed by atoms with van der Waals surface area (Å²) < 4.78 is 5.81. The summed E-state index contributed by atoms with van der Waals surface area (Å²) >= 11 is 0. The van der Waals surface area contributed by atoms with Crippen LogP contribution >= 0.6 is 0 Å². The second-order valence-corrected chi connectivity index (χ2v) is 9.03. The molecular weight excluding hydrogens is 474 g/mol. The lowest BCUT2D eigenvalue weighted by Crippen LogP contribution is -2.25. The Hall–Kier alpha value is -4.92. The number of nitrogens with one attached hydrogen (secondary N) is 2. The lowest BCUT2D eigenvalue weighted by Gasteiger charge is -2.12. The van der Waals surface area contributed by atoms with Crippen molar-refractivity contribution < 1.29 is 9.13 Å². The summed E-state index contributed by atoms with van der Waals surface area (Å²) in [6.45, 7) is 1.53. The van der Waals surface area contributed by atoms with Crippen molar-refractivity contribution in [3.8, 4) is 0 Å². The van der Waals surface area contributed by atoms with Crippen LogP contribution in [0.1, 0.15) is 0 Å². The van der Waals surface area contributed by atoms with Gasteiger partial charge in [-0.15, -0.1) is 10.2 Å². The molecule has 0 aliphatic carbocycles. The van der Waals surface area contributed by atoms with Crippen molar-refractivity contribution in [3.05, 3.63) is 97.6 Å². The zero-order valence-electron chi connectivity index (χ0n) is 21.8. The summed E-state index contributed by atoms with van der Waals surface area (Å²) in [6, 6.07) is 24.2. The predicted octanol–water partition coefficient (Wildman–Crippen LogP) is 6.18. The Kier molecular flexibility index (Phi) is 7.44. The molecule has 2 heterocycles. The van der Waals surface area contributed by atoms with E-state index < -0.39 is 0 Å². The first kappa shape index (κ1) is 24.8. The average Bonchev–Trinajstić information content (AvgIpc) is 3.26. The molecule has 190 valence electrons. The van der Waals surface area contributed by atoms with Gasteiger partial charge in [-0.2, -0.15) is 0 Å². The number of aryl methyl sites for hydroxylation is 3. The zero-order chi connectivity index (χ0) is 26.3. The van der Waals surface area contributed by atoms with E-state index in [4.69, 9.17) is 0 Å². The lowest BCUT2D eigenvalue weighted by atomic mass is 10.1. The molecule has 0 aliphatic rings. The molecule has 0 radical (unpaired) electrons. The van der Waals surface area contributed by atoms with Crippen LogP contribution in [0.15, 0.2) is 118 Å². The number of fused-ring (bicyclic) bond motifs is 1. The van der Waals surface area contributed by atoms with E-state index in [1.54, 1.807) is 0 Å². The SMILES string of the molecule is Cn1cc[n+](C)c1/N=N/c1ccc(NCCNc2ccc(/N=N/c3ccc[n+](C)c3)c3ccccc23)cc1. The van der Waals surface area contributed by atoms with Crippen LogP contribution in [-0.4, -0.2) is 17.7 Å². The number of azo groups is 2. The molecule has 38 heavy (non-hydrogen) atoms. The molecule has 0 fully saturated rings. The van der Waals surface area contributed by atoms with E-state index in [9.17, 15) is 0 Å². The first-order valence-electron chi connectivity index (χ1n) is 12.5. The number of benzene rings is 3. The van der Waals surface area contributed by atoms with E-state index in [1.165, 1.54) is 0 Å². The number of anilines is 2. The van der Waals surface area contributed by atoms with Gasteiger partial charge in [0, 0.05) is 46.4 Å². The van der Waals surface area contributed by atoms with E-state index in [1.807, 2.05) is 114 Å². The molecule has 5 aromatic rings. The number of hydrogen-bond acceptors (Lipinski definition) is 6. The molecule has 5 rings (SSSR count). The fourth-order valence-electron chi connectivity index (χ4n) is 4.14. The second-order valence-electron chi connectivity index (χ2n) is 9.03. The van der Waals surface area contributed by atoms with Gasteiger partial charge in [0.1, 0.15) is 18.4 Å². The zero-order valence-corrected chi connectivity index (χ0v) is 21.8. The van der Waals surface area contributed by atoms with Crippen molar-refractivity contribution in [1.82, 2.24) is 4.57 Å². The van der Waals surface area contributed by atoms with E-state index >= 15 is 0 Å². The van der Waals surface area contributed by atoms with Crippen molar-refractivity contribution in [1.29, 1.82) is 0 Å². The Morgan fingerprint density at radius 3 is 2.24 bits per heavy atom. The number of imidazole rings is 1. The summed E-state index contributed by atoms with van der Waals surface area (Å²) in [5.41, 5.74) is 4.56. The molecule has 0 spiro atoms. The first-order chi connectivity index (χ1) is 18.6. The van der Waals surface area contributed by atoms with Gasteiger partial charge in [0.25, 0.3) is 0 Å². The van der Waals surface area contributed by atoms with Gasteiger partial charge in [-0.1, -0.05) is 29.4 Å². The number of rotatable bonds is 9. The number of nitrogens with zero attached hydrogens (tertiary/aromatic N) is 7. The Balaban J connectivity index is 1.19. The minimum Gasteiger partial charge on any atom is -0.383 e. The van der Waals surface area contributed by atoms with E-state index in [-0.39, 0.29) is 0 Å². The fraction of sp³-hybridized carbons (Fsp3) is 0.172. The van der Waals surface area contributed by atoms with Crippen LogP contribution in [0.4, 0.5) is 34.4 Å². The summed E-state index contributed by atoms with van der Waals surface area (Å²) in [6.07, 6.45) is 7.81. The number of aromatic nitrogens is 3. The number of pyridine rings is 1. The third-order valence-electron chi connectivity index (χ3n) is 6.13. The van der Waals surface area contributed by atoms with Gasteiger partial charge < -0.3 is 10.6 Å². The highest BCUT2D eigenvalue weighted by atomic mass is 15.3. The van der Waals surface area contributed by atoms with Crippen LogP contribution in [-0.2, 0) is 21.1 Å². The Labute approximate surface area is 221 Å². The van der Waals surface area contributed by atoms with Crippen LogP contribution in [0.5, 0.6) is 0 Å². The summed E-state index contributed by atoms with van der Waals surface area (Å²) in [5.74, 6) is 0.785. The third-order valence-corrected chi connectivity index (χ3v) is 6.13. The maximum absolute atomic E-state index is 4.52. The normalized spacial score (nSPS) is 11.6. The van der Waals surface area contributed by atoms with E-state index in [0.29, 0.717) is 0 Å². The van der Waals surface area contributed by atoms with Gasteiger partial charge in [-0.25, -0.2) is 13.7 Å². The molecule has 0 atom stereocenters. The standard InChI is InChI=1S/C29H30N9/c1-36-18-6-7-24(21-36)33-34-28-15-14-27(25-8-4-5-9-26(25)28)31-17-16-30-22-10-12-23(13-11-22)32-35-29-37(2)19-20-38(29)3/h4-15,18-21H,16-17H2,1-3H3,(H,31,33)/q+1/p+1. The molecule has 0 saturated carbocycles. The minimum atomic E-state index is 0.761. The van der Waals surface area contributed by atoms with Crippen molar-refractivity contribution in [2.24, 2.45) is 41.6 Å². The maximum Gasteiger partial charge on any atom is 0.421 e. The molecule has 0 amide bonds. The van der Waals surface area contributed by atoms with Gasteiger partial charge in [-0.05, 0) is 42.5 Å². The Bertz CT molecular complexity index is 1580. The summed E-state index contributed by atoms with van der Waals surface area (Å²) in [7, 11) is 5.87. The van der Waals surface area contributed by atoms with Crippen LogP contribution in [0, 0.1) is 0 Å². The molecule has 0 unspecified atom stereocenters. The smallest absolute Gasteiger partial charge is 0.383 e. The number of hydrogen-bond donors (Lipinski definition) is 2. The summed E-state index contributed by atoms with van der Waals surface area (Å²) in [5, 5.41) is 26.8. The largest absolute Gasteiger partial charge is 0.421 e. The highest BCUT2D eigenvalue weighted by Crippen LogP contribution is 2.32. The quantitative estimate of drug-likeness (QED) is 0.142. The molecule has 0 bridgehead atoms. The highest BCUT2D eigenvalue weighted by molar-refractivity contribution is 6.00. The summed E-state index contributed by atoms with van der Waals surface area (Å²) in [4.78, 5) is 0. The minimum absolute atomic E-state index is 0.761. The lowest BCUT2D eigenvalue weighted by molar-refractivity contribution is -0.670. The second kappa shape index (κ2) is 11.4. The molecule has 9 nitrogen and oxygen atoms in total. The van der Waals surface area contributed by atoms with Crippen molar-refractivity contribution in [3.63, 3.8) is 0 Å². The van der Waals surface area contributed by atoms with Gasteiger partial charge in [0.05, 0.1) is 32.2 Å². The Morgan fingerprint density at radius 2 is 1.47 bits per heavy atom. The van der Waals surface area contributed by atoms with E-state index in [2.05, 4.69) is 49.3 Å². The Morgan fingerprint density at radius 1 is 0.711 bits per heavy atom. The molecule has 9 heteroatoms. The molecule has 0 aliphatic heterocycles. The van der Waals surface area contributed by atoms with Gasteiger partial charge >= 0.3 is 5.95 Å². The molecule has 0 saturated heterocycles. The third kappa shape index (κ3) is 5.89. The van der Waals surface area contributed by atoms with Crippen molar-refractivity contribution in [2.75, 3.05) is 23.7 Å². The monoisotopic (exact) mass is 505 g/mol. The molecule has 2 aromatic heterocycles. The molecular formula is C29H31N9+2. The maximum atomic E-state index is 4.52. The van der Waals surface area contributed by atoms with Crippen LogP contribution in [0.2, 0.25) is 0 Å². The predicted molar refractivity (Wildman–Crippen MR) is 150 cm³/mol. The first-order valence-corrected chi connectivity index (χ1v) is 12.5. The van der Waals surface area contributed by atoms with Crippen molar-refractivity contribution >= 4 is 45.2 Å². The van der Waals surface area contributed by atoms with Crippen molar-refractivity contribution in [2.45, 2.75) is 0 Å². The van der Waals surface area contributed by atoms with Gasteiger partial charge in [0.2, 0.25) is 0 Å². The van der Waals surface area contributed by atoms with Crippen LogP contribution < -0.4 is 19.8 Å². The van der Waals surface area contributed by atoms with Crippen LogP contribution in [0.3, 0.4) is 0 Å². The topological polar surface area (TPSA) is 86.2 Å². The highest BCUT2D eigenvalue weighted by Gasteiger charge is 2.10.